The maximum atomic E-state index is 12.8. The van der Waals surface area contributed by atoms with E-state index in [1.165, 1.54) is 19.3 Å². The Balaban J connectivity index is 1.56. The third-order valence-electron chi connectivity index (χ3n) is 6.22. The molecule has 4 nitrogen and oxygen atoms in total. The van der Waals surface area contributed by atoms with Crippen molar-refractivity contribution >= 4 is 17.5 Å². The third-order valence-corrected chi connectivity index (χ3v) is 6.22. The third kappa shape index (κ3) is 2.72. The predicted molar refractivity (Wildman–Crippen MR) is 93.9 cm³/mol. The molecule has 4 heteroatoms. The summed E-state index contributed by atoms with van der Waals surface area (Å²) >= 11 is 0. The van der Waals surface area contributed by atoms with Gasteiger partial charge in [-0.2, -0.15) is 0 Å². The van der Waals surface area contributed by atoms with Gasteiger partial charge in [-0.25, -0.2) is 0 Å². The number of carbonyl (C=O) groups excluding carboxylic acids is 2. The number of carbonyl (C=O) groups is 2. The maximum absolute atomic E-state index is 12.8. The van der Waals surface area contributed by atoms with E-state index in [2.05, 4.69) is 5.32 Å². The van der Waals surface area contributed by atoms with Gasteiger partial charge in [0.15, 0.2) is 0 Å². The standard InChI is InChI=1S/C20H26N2O2/c1-13-5-4-6-16(20(24)22-9-2-3-10-22)18(13)21-19(23)17-12-14-7-8-15(17)11-14/h4-6,14-15,17H,2-3,7-12H2,1H3,(H,21,23)/t14-,15-,17-/m0/s1. The van der Waals surface area contributed by atoms with Crippen molar-refractivity contribution in [1.82, 2.24) is 4.90 Å². The molecule has 3 aliphatic rings. The molecule has 2 amide bonds. The predicted octanol–water partition coefficient (Wildman–Crippen LogP) is 3.61. The molecular formula is C20H26N2O2. The van der Waals surface area contributed by atoms with Crippen LogP contribution >= 0.6 is 0 Å². The van der Waals surface area contributed by atoms with E-state index in [0.717, 1.165) is 49.5 Å². The molecule has 0 unspecified atom stereocenters. The van der Waals surface area contributed by atoms with Crippen molar-refractivity contribution in [2.45, 2.75) is 45.4 Å². The van der Waals surface area contributed by atoms with Crippen LogP contribution in [-0.2, 0) is 4.79 Å². The molecule has 1 aromatic rings. The number of hydrogen-bond acceptors (Lipinski definition) is 2. The lowest BCUT2D eigenvalue weighted by molar-refractivity contribution is -0.121. The van der Waals surface area contributed by atoms with Crippen molar-refractivity contribution in [2.24, 2.45) is 17.8 Å². The minimum atomic E-state index is 0.0550. The van der Waals surface area contributed by atoms with Gasteiger partial charge in [-0.05, 0) is 62.5 Å². The second-order valence-corrected chi connectivity index (χ2v) is 7.77. The van der Waals surface area contributed by atoms with Gasteiger partial charge in [0.2, 0.25) is 5.91 Å². The number of fused-ring (bicyclic) bond motifs is 2. The Bertz CT molecular complexity index is 664. The molecular weight excluding hydrogens is 300 g/mol. The molecule has 0 radical (unpaired) electrons. The Morgan fingerprint density at radius 3 is 2.58 bits per heavy atom. The van der Waals surface area contributed by atoms with Crippen LogP contribution in [0.2, 0.25) is 0 Å². The number of rotatable bonds is 3. The topological polar surface area (TPSA) is 49.4 Å². The summed E-state index contributed by atoms with van der Waals surface area (Å²) in [7, 11) is 0. The summed E-state index contributed by atoms with van der Waals surface area (Å²) in [5.74, 6) is 1.61. The summed E-state index contributed by atoms with van der Waals surface area (Å²) in [6.45, 7) is 3.62. The number of likely N-dealkylation sites (tertiary alicyclic amines) is 1. The fourth-order valence-electron chi connectivity index (χ4n) is 4.88. The molecule has 0 spiro atoms. The Hall–Kier alpha value is -1.84. The molecule has 2 aliphatic carbocycles. The second-order valence-electron chi connectivity index (χ2n) is 7.77. The lowest BCUT2D eigenvalue weighted by atomic mass is 9.88. The van der Waals surface area contributed by atoms with Crippen molar-refractivity contribution in [1.29, 1.82) is 0 Å². The van der Waals surface area contributed by atoms with Crippen LogP contribution in [0.25, 0.3) is 0 Å². The molecule has 3 atom stereocenters. The van der Waals surface area contributed by atoms with E-state index < -0.39 is 0 Å². The number of hydrogen-bond donors (Lipinski definition) is 1. The van der Waals surface area contributed by atoms with Gasteiger partial charge in [0.05, 0.1) is 11.3 Å². The SMILES string of the molecule is Cc1cccc(C(=O)N2CCCC2)c1NC(=O)[C@H]1C[C@H]2CC[C@H]1C2. The van der Waals surface area contributed by atoms with E-state index in [9.17, 15) is 9.59 Å². The zero-order valence-electron chi connectivity index (χ0n) is 14.4. The highest BCUT2D eigenvalue weighted by molar-refractivity contribution is 6.05. The number of benzene rings is 1. The van der Waals surface area contributed by atoms with E-state index >= 15 is 0 Å². The smallest absolute Gasteiger partial charge is 0.255 e. The molecule has 128 valence electrons. The van der Waals surface area contributed by atoms with Crippen molar-refractivity contribution in [3.63, 3.8) is 0 Å². The molecule has 2 bridgehead atoms. The summed E-state index contributed by atoms with van der Waals surface area (Å²) in [6.07, 6.45) is 6.87. The fourth-order valence-corrected chi connectivity index (χ4v) is 4.88. The summed E-state index contributed by atoms with van der Waals surface area (Å²) < 4.78 is 0. The quantitative estimate of drug-likeness (QED) is 0.922. The second kappa shape index (κ2) is 6.23. The Labute approximate surface area is 143 Å². The summed E-state index contributed by atoms with van der Waals surface area (Å²) in [5.41, 5.74) is 2.34. The zero-order chi connectivity index (χ0) is 16.7. The maximum Gasteiger partial charge on any atom is 0.255 e. The van der Waals surface area contributed by atoms with Crippen LogP contribution in [0.15, 0.2) is 18.2 Å². The molecule has 1 aromatic carbocycles. The summed E-state index contributed by atoms with van der Waals surface area (Å²) in [4.78, 5) is 27.5. The molecule has 1 saturated heterocycles. The van der Waals surface area contributed by atoms with E-state index in [1.54, 1.807) is 0 Å². The fraction of sp³-hybridized carbons (Fsp3) is 0.600. The van der Waals surface area contributed by atoms with Crippen molar-refractivity contribution in [2.75, 3.05) is 18.4 Å². The van der Waals surface area contributed by atoms with Crippen LogP contribution in [-0.4, -0.2) is 29.8 Å². The molecule has 1 aliphatic heterocycles. The lowest BCUT2D eigenvalue weighted by Gasteiger charge is -2.23. The highest BCUT2D eigenvalue weighted by Gasteiger charge is 2.43. The van der Waals surface area contributed by atoms with Crippen LogP contribution in [0.3, 0.4) is 0 Å². The first kappa shape index (κ1) is 15.7. The van der Waals surface area contributed by atoms with Gasteiger partial charge in [-0.3, -0.25) is 9.59 Å². The number of amides is 2. The van der Waals surface area contributed by atoms with Gasteiger partial charge >= 0.3 is 0 Å². The number of para-hydroxylation sites is 1. The molecule has 4 rings (SSSR count). The normalized spacial score (nSPS) is 28.4. The first-order valence-corrected chi connectivity index (χ1v) is 9.33. The van der Waals surface area contributed by atoms with Gasteiger partial charge in [0.25, 0.3) is 5.91 Å². The Morgan fingerprint density at radius 2 is 1.92 bits per heavy atom. The van der Waals surface area contributed by atoms with Crippen molar-refractivity contribution in [3.8, 4) is 0 Å². The molecule has 1 heterocycles. The molecule has 0 aromatic heterocycles. The van der Waals surface area contributed by atoms with Gasteiger partial charge in [-0.1, -0.05) is 18.6 Å². The number of aryl methyl sites for hydroxylation is 1. The van der Waals surface area contributed by atoms with Gasteiger partial charge in [-0.15, -0.1) is 0 Å². The monoisotopic (exact) mass is 326 g/mol. The Morgan fingerprint density at radius 1 is 1.12 bits per heavy atom. The number of anilines is 1. The minimum Gasteiger partial charge on any atom is -0.339 e. The van der Waals surface area contributed by atoms with Crippen LogP contribution in [0.4, 0.5) is 5.69 Å². The van der Waals surface area contributed by atoms with E-state index in [0.29, 0.717) is 11.5 Å². The highest BCUT2D eigenvalue weighted by atomic mass is 16.2. The van der Waals surface area contributed by atoms with E-state index in [1.807, 2.05) is 30.0 Å². The van der Waals surface area contributed by atoms with Gasteiger partial charge < -0.3 is 10.2 Å². The molecule has 1 N–H and O–H groups in total. The zero-order valence-corrected chi connectivity index (χ0v) is 14.4. The Kier molecular flexibility index (Phi) is 4.07. The minimum absolute atomic E-state index is 0.0550. The molecule has 3 fully saturated rings. The van der Waals surface area contributed by atoms with Crippen LogP contribution < -0.4 is 5.32 Å². The molecule has 24 heavy (non-hydrogen) atoms. The first-order chi connectivity index (χ1) is 11.6. The van der Waals surface area contributed by atoms with Crippen LogP contribution in [0, 0.1) is 24.7 Å². The van der Waals surface area contributed by atoms with Crippen molar-refractivity contribution in [3.05, 3.63) is 29.3 Å². The summed E-state index contributed by atoms with van der Waals surface area (Å²) in [6, 6.07) is 5.73. The average Bonchev–Trinajstić information content (AvgIpc) is 3.33. The number of nitrogens with one attached hydrogen (secondary N) is 1. The van der Waals surface area contributed by atoms with Crippen molar-refractivity contribution < 1.29 is 9.59 Å². The van der Waals surface area contributed by atoms with Crippen LogP contribution in [0.5, 0.6) is 0 Å². The number of nitrogens with zero attached hydrogens (tertiary/aromatic N) is 1. The highest BCUT2D eigenvalue weighted by Crippen LogP contribution is 2.48. The largest absolute Gasteiger partial charge is 0.339 e. The lowest BCUT2D eigenvalue weighted by Crippen LogP contribution is -2.31. The van der Waals surface area contributed by atoms with Gasteiger partial charge in [0.1, 0.15) is 0 Å². The summed E-state index contributed by atoms with van der Waals surface area (Å²) in [5, 5.41) is 3.12. The first-order valence-electron chi connectivity index (χ1n) is 9.33. The van der Waals surface area contributed by atoms with E-state index in [-0.39, 0.29) is 17.7 Å². The van der Waals surface area contributed by atoms with Crippen LogP contribution in [0.1, 0.15) is 54.4 Å². The van der Waals surface area contributed by atoms with Gasteiger partial charge in [0, 0.05) is 19.0 Å². The average molecular weight is 326 g/mol. The van der Waals surface area contributed by atoms with E-state index in [4.69, 9.17) is 0 Å². The molecule has 2 saturated carbocycles.